The standard InChI is InChI=1S/C18H17F3N4O2.C11H15N3O/c19-18(20,21)15-8-4-12(9-23-15)16(26)24-13-5-1-11(2-6-13)3-7-14-10-27-17(22)25-14;12-9-4-1-8(2-5-9)3-6-10-7-15-11(13)14-10/h1-2,4-6,8-9,14H,3,7,10H2,(H2,22,25)(H,24,26);1-2,4-5,10H,3,6-7,12H2,(H2,13,14)/t14-;10-/m00/s1. The van der Waals surface area contributed by atoms with Crippen LogP contribution < -0.4 is 22.5 Å². The van der Waals surface area contributed by atoms with E-state index in [1.54, 1.807) is 12.1 Å². The van der Waals surface area contributed by atoms with E-state index in [0.29, 0.717) is 24.9 Å². The summed E-state index contributed by atoms with van der Waals surface area (Å²) in [6, 6.07) is 17.8. The molecular weight excluding hydrogens is 551 g/mol. The van der Waals surface area contributed by atoms with Crippen molar-refractivity contribution in [3.63, 3.8) is 0 Å². The molecule has 10 nitrogen and oxygen atoms in total. The van der Waals surface area contributed by atoms with Crippen molar-refractivity contribution in [3.8, 4) is 0 Å². The van der Waals surface area contributed by atoms with Gasteiger partial charge in [-0.25, -0.2) is 9.98 Å². The van der Waals surface area contributed by atoms with E-state index in [2.05, 4.69) is 20.3 Å². The van der Waals surface area contributed by atoms with Gasteiger partial charge < -0.3 is 32.0 Å². The molecule has 0 saturated heterocycles. The van der Waals surface area contributed by atoms with Gasteiger partial charge in [-0.1, -0.05) is 24.3 Å². The number of pyridine rings is 1. The second-order valence-electron chi connectivity index (χ2n) is 9.76. The van der Waals surface area contributed by atoms with Gasteiger partial charge >= 0.3 is 6.18 Å². The van der Waals surface area contributed by atoms with Crippen LogP contribution in [-0.4, -0.2) is 48.2 Å². The Labute approximate surface area is 240 Å². The van der Waals surface area contributed by atoms with Crippen LogP contribution in [0.15, 0.2) is 76.8 Å². The summed E-state index contributed by atoms with van der Waals surface area (Å²) in [7, 11) is 0. The van der Waals surface area contributed by atoms with Crippen LogP contribution in [0.4, 0.5) is 24.5 Å². The number of nitrogens with two attached hydrogens (primary N) is 3. The van der Waals surface area contributed by atoms with Crippen molar-refractivity contribution >= 4 is 29.3 Å². The van der Waals surface area contributed by atoms with Crippen LogP contribution in [0, 0.1) is 0 Å². The fourth-order valence-corrected chi connectivity index (χ4v) is 4.17. The predicted molar refractivity (Wildman–Crippen MR) is 154 cm³/mol. The summed E-state index contributed by atoms with van der Waals surface area (Å²) in [6.07, 6.45) is -0.115. The van der Waals surface area contributed by atoms with E-state index >= 15 is 0 Å². The van der Waals surface area contributed by atoms with Crippen molar-refractivity contribution < 1.29 is 27.4 Å². The maximum Gasteiger partial charge on any atom is 0.433 e. The van der Waals surface area contributed by atoms with Crippen molar-refractivity contribution in [2.45, 2.75) is 43.9 Å². The smallest absolute Gasteiger partial charge is 0.433 e. The molecule has 1 aromatic heterocycles. The third-order valence-corrected chi connectivity index (χ3v) is 6.51. The monoisotopic (exact) mass is 583 g/mol. The molecule has 5 rings (SSSR count). The fourth-order valence-electron chi connectivity index (χ4n) is 4.17. The number of hydrogen-bond acceptors (Lipinski definition) is 9. The quantitative estimate of drug-likeness (QED) is 0.292. The molecule has 2 aliphatic heterocycles. The minimum atomic E-state index is -4.54. The zero-order valence-corrected chi connectivity index (χ0v) is 22.7. The summed E-state index contributed by atoms with van der Waals surface area (Å²) in [4.78, 5) is 23.7. The normalized spacial score (nSPS) is 17.7. The van der Waals surface area contributed by atoms with E-state index in [-0.39, 0.29) is 23.7 Å². The number of nitrogen functional groups attached to an aromatic ring is 1. The van der Waals surface area contributed by atoms with Gasteiger partial charge in [-0.15, -0.1) is 0 Å². The second-order valence-corrected chi connectivity index (χ2v) is 9.76. The maximum absolute atomic E-state index is 12.5. The first-order valence-electron chi connectivity index (χ1n) is 13.3. The summed E-state index contributed by atoms with van der Waals surface area (Å²) in [5.41, 5.74) is 19.2. The van der Waals surface area contributed by atoms with E-state index in [0.717, 1.165) is 55.3 Å². The molecule has 13 heteroatoms. The van der Waals surface area contributed by atoms with Crippen LogP contribution in [0.2, 0.25) is 0 Å². The maximum atomic E-state index is 12.5. The second kappa shape index (κ2) is 13.7. The van der Waals surface area contributed by atoms with E-state index < -0.39 is 17.8 Å². The fraction of sp³-hybridized carbons (Fsp3) is 0.310. The number of halogens is 3. The molecule has 3 heterocycles. The van der Waals surface area contributed by atoms with Gasteiger partial charge in [0, 0.05) is 17.6 Å². The van der Waals surface area contributed by atoms with E-state index in [9.17, 15) is 18.0 Å². The molecule has 3 aromatic rings. The number of hydrogen-bond donors (Lipinski definition) is 4. The predicted octanol–water partition coefficient (Wildman–Crippen LogP) is 3.91. The molecule has 0 aliphatic carbocycles. The third kappa shape index (κ3) is 9.11. The number of amides is 1. The van der Waals surface area contributed by atoms with Crippen LogP contribution in [0.5, 0.6) is 0 Å². The SMILES string of the molecule is NC1=N[C@@H](CCc2ccc(N)cc2)CO1.NC1=N[C@@H](CCc2ccc(NC(=O)c3ccc(C(F)(F)F)nc3)cc2)CO1. The molecule has 2 aliphatic rings. The summed E-state index contributed by atoms with van der Waals surface area (Å²) in [5, 5.41) is 2.63. The Morgan fingerprint density at radius 2 is 1.33 bits per heavy atom. The number of benzene rings is 2. The summed E-state index contributed by atoms with van der Waals surface area (Å²) < 4.78 is 47.7. The number of nitrogens with one attached hydrogen (secondary N) is 1. The first kappa shape index (κ1) is 30.2. The van der Waals surface area contributed by atoms with Crippen LogP contribution >= 0.6 is 0 Å². The lowest BCUT2D eigenvalue weighted by Crippen LogP contribution is -2.14. The molecule has 7 N–H and O–H groups in total. The number of ether oxygens (including phenoxy) is 2. The number of amidine groups is 2. The average Bonchev–Trinajstić information content (AvgIpc) is 3.59. The Morgan fingerprint density at radius 3 is 1.76 bits per heavy atom. The van der Waals surface area contributed by atoms with Crippen molar-refractivity contribution in [1.29, 1.82) is 0 Å². The molecule has 2 aromatic carbocycles. The van der Waals surface area contributed by atoms with Crippen molar-refractivity contribution in [2.75, 3.05) is 24.3 Å². The van der Waals surface area contributed by atoms with Crippen molar-refractivity contribution in [1.82, 2.24) is 4.98 Å². The molecule has 0 unspecified atom stereocenters. The molecular formula is C29H32F3N7O3. The molecule has 1 amide bonds. The van der Waals surface area contributed by atoms with Gasteiger partial charge in [0.1, 0.15) is 18.9 Å². The minimum absolute atomic E-state index is 0.0451. The number of aliphatic imine (C=N–C) groups is 2. The molecule has 2 atom stereocenters. The van der Waals surface area contributed by atoms with E-state index in [1.807, 2.05) is 36.4 Å². The zero-order valence-electron chi connectivity index (χ0n) is 22.7. The van der Waals surface area contributed by atoms with Crippen LogP contribution in [0.25, 0.3) is 0 Å². The largest absolute Gasteiger partial charge is 0.463 e. The molecule has 0 saturated carbocycles. The summed E-state index contributed by atoms with van der Waals surface area (Å²) >= 11 is 0. The number of carbonyl (C=O) groups excluding carboxylic acids is 1. The number of anilines is 2. The molecule has 42 heavy (non-hydrogen) atoms. The first-order chi connectivity index (χ1) is 20.0. The van der Waals surface area contributed by atoms with Crippen molar-refractivity contribution in [3.05, 3.63) is 89.2 Å². The Kier molecular flexibility index (Phi) is 9.84. The van der Waals surface area contributed by atoms with Crippen LogP contribution in [-0.2, 0) is 28.5 Å². The number of alkyl halides is 3. The molecule has 0 fully saturated rings. The molecule has 0 spiro atoms. The highest BCUT2D eigenvalue weighted by Gasteiger charge is 2.32. The lowest BCUT2D eigenvalue weighted by Gasteiger charge is -2.09. The molecule has 0 bridgehead atoms. The molecule has 222 valence electrons. The highest BCUT2D eigenvalue weighted by Crippen LogP contribution is 2.27. The third-order valence-electron chi connectivity index (χ3n) is 6.51. The van der Waals surface area contributed by atoms with Crippen molar-refractivity contribution in [2.24, 2.45) is 21.5 Å². The number of aromatic nitrogens is 1. The van der Waals surface area contributed by atoms with Gasteiger partial charge in [0.25, 0.3) is 18.0 Å². The molecule has 0 radical (unpaired) electrons. The van der Waals surface area contributed by atoms with Gasteiger partial charge in [0.05, 0.1) is 17.6 Å². The number of rotatable bonds is 8. The van der Waals surface area contributed by atoms with Gasteiger partial charge in [0.15, 0.2) is 0 Å². The first-order valence-corrected chi connectivity index (χ1v) is 13.3. The lowest BCUT2D eigenvalue weighted by molar-refractivity contribution is -0.141. The Hall–Kier alpha value is -4.81. The van der Waals surface area contributed by atoms with Gasteiger partial charge in [-0.05, 0) is 73.2 Å². The Balaban J connectivity index is 0.000000227. The number of nitrogens with zero attached hydrogens (tertiary/aromatic N) is 3. The summed E-state index contributed by atoms with van der Waals surface area (Å²) in [6.45, 7) is 1.10. The van der Waals surface area contributed by atoms with Gasteiger partial charge in [-0.3, -0.25) is 9.78 Å². The van der Waals surface area contributed by atoms with E-state index in [4.69, 9.17) is 26.7 Å². The highest BCUT2D eigenvalue weighted by atomic mass is 19.4. The zero-order chi connectivity index (χ0) is 30.1. The summed E-state index contributed by atoms with van der Waals surface area (Å²) in [5.74, 6) is -0.531. The van der Waals surface area contributed by atoms with Crippen LogP contribution in [0.1, 0.15) is 40.0 Å². The Bertz CT molecular complexity index is 1390. The number of aryl methyl sites for hydroxylation is 2. The van der Waals surface area contributed by atoms with Gasteiger partial charge in [0.2, 0.25) is 0 Å². The highest BCUT2D eigenvalue weighted by molar-refractivity contribution is 6.04. The topological polar surface area (TPSA) is 163 Å². The number of carbonyl (C=O) groups is 1. The lowest BCUT2D eigenvalue weighted by atomic mass is 10.1. The van der Waals surface area contributed by atoms with Gasteiger partial charge in [-0.2, -0.15) is 13.2 Å². The van der Waals surface area contributed by atoms with Crippen LogP contribution in [0.3, 0.4) is 0 Å². The Morgan fingerprint density at radius 1 is 0.810 bits per heavy atom. The average molecular weight is 584 g/mol. The van der Waals surface area contributed by atoms with E-state index in [1.165, 1.54) is 5.56 Å². The minimum Gasteiger partial charge on any atom is -0.463 e.